The van der Waals surface area contributed by atoms with Crippen LogP contribution in [0.2, 0.25) is 5.02 Å². The van der Waals surface area contributed by atoms with E-state index in [1.54, 1.807) is 0 Å². The molecule has 0 atom stereocenters. The Morgan fingerprint density at radius 1 is 1.08 bits per heavy atom. The number of fused-ring (bicyclic) bond motifs is 2. The van der Waals surface area contributed by atoms with Gasteiger partial charge in [0.2, 0.25) is 6.79 Å². The molecule has 0 saturated carbocycles. The van der Waals surface area contributed by atoms with Crippen LogP contribution in [0.3, 0.4) is 0 Å². The molecular weight excluding hydrogens is 347 g/mol. The molecular formula is C17H10ClFN4O2. The Labute approximate surface area is 145 Å². The van der Waals surface area contributed by atoms with E-state index in [-0.39, 0.29) is 11.8 Å². The Hall–Kier alpha value is -3.06. The van der Waals surface area contributed by atoms with E-state index in [1.807, 2.05) is 24.3 Å². The van der Waals surface area contributed by atoms with Crippen molar-refractivity contribution in [2.24, 2.45) is 0 Å². The van der Waals surface area contributed by atoms with Gasteiger partial charge >= 0.3 is 0 Å². The van der Waals surface area contributed by atoms with Gasteiger partial charge in [0.25, 0.3) is 0 Å². The van der Waals surface area contributed by atoms with Crippen LogP contribution in [0, 0.1) is 5.82 Å². The van der Waals surface area contributed by atoms with Crippen molar-refractivity contribution in [3.8, 4) is 34.3 Å². The third-order valence-corrected chi connectivity index (χ3v) is 4.31. The van der Waals surface area contributed by atoms with Gasteiger partial charge in [0, 0.05) is 11.6 Å². The van der Waals surface area contributed by atoms with Crippen molar-refractivity contribution in [1.29, 1.82) is 0 Å². The number of aromatic amines is 2. The number of hydrogen-bond acceptors (Lipinski definition) is 4. The predicted octanol–water partition coefficient (Wildman–Crippen LogP) is 4.14. The number of H-pyrrole nitrogens is 2. The van der Waals surface area contributed by atoms with Crippen molar-refractivity contribution in [3.63, 3.8) is 0 Å². The van der Waals surface area contributed by atoms with Crippen LogP contribution in [-0.2, 0) is 0 Å². The van der Waals surface area contributed by atoms with Gasteiger partial charge < -0.3 is 14.5 Å². The van der Waals surface area contributed by atoms with Gasteiger partial charge in [-0.05, 0) is 30.3 Å². The maximum atomic E-state index is 13.6. The van der Waals surface area contributed by atoms with Crippen molar-refractivity contribution in [3.05, 3.63) is 47.2 Å². The van der Waals surface area contributed by atoms with E-state index in [1.165, 1.54) is 12.1 Å². The fraction of sp³-hybridized carbons (Fsp3) is 0.0588. The number of ether oxygens (including phenoxy) is 2. The summed E-state index contributed by atoms with van der Waals surface area (Å²) in [6, 6.07) is 10.3. The number of nitrogens with one attached hydrogen (secondary N) is 2. The summed E-state index contributed by atoms with van der Waals surface area (Å²) in [6.07, 6.45) is 0. The minimum atomic E-state index is -0.491. The molecule has 0 fully saturated rings. The summed E-state index contributed by atoms with van der Waals surface area (Å²) >= 11 is 5.80. The van der Waals surface area contributed by atoms with Crippen LogP contribution in [-0.4, -0.2) is 27.0 Å². The lowest BCUT2D eigenvalue weighted by molar-refractivity contribution is 0.174. The summed E-state index contributed by atoms with van der Waals surface area (Å²) in [5, 5.41) is 7.29. The summed E-state index contributed by atoms with van der Waals surface area (Å²) in [5.41, 5.74) is 3.45. The van der Waals surface area contributed by atoms with E-state index in [9.17, 15) is 4.39 Å². The molecule has 5 rings (SSSR count). The Bertz CT molecular complexity index is 1080. The molecule has 0 aliphatic carbocycles. The van der Waals surface area contributed by atoms with Crippen molar-refractivity contribution in [1.82, 2.24) is 20.2 Å². The van der Waals surface area contributed by atoms with Gasteiger partial charge in [0.15, 0.2) is 17.3 Å². The normalized spacial score (nSPS) is 12.9. The Kier molecular flexibility index (Phi) is 2.98. The molecule has 6 nitrogen and oxygen atoms in total. The van der Waals surface area contributed by atoms with Crippen molar-refractivity contribution >= 4 is 22.6 Å². The summed E-state index contributed by atoms with van der Waals surface area (Å²) in [5.74, 6) is 1.47. The molecule has 4 aromatic rings. The van der Waals surface area contributed by atoms with E-state index >= 15 is 0 Å². The summed E-state index contributed by atoms with van der Waals surface area (Å²) in [4.78, 5) is 7.49. The molecule has 0 amide bonds. The van der Waals surface area contributed by atoms with E-state index in [0.717, 1.165) is 17.0 Å². The largest absolute Gasteiger partial charge is 0.454 e. The fourth-order valence-corrected chi connectivity index (χ4v) is 2.94. The maximum absolute atomic E-state index is 13.6. The Morgan fingerprint density at radius 3 is 2.88 bits per heavy atom. The van der Waals surface area contributed by atoms with Gasteiger partial charge in [0.1, 0.15) is 11.5 Å². The minimum Gasteiger partial charge on any atom is -0.454 e. The van der Waals surface area contributed by atoms with Crippen LogP contribution >= 0.6 is 11.6 Å². The lowest BCUT2D eigenvalue weighted by atomic mass is 10.1. The minimum absolute atomic E-state index is 0.0382. The second-order valence-corrected chi connectivity index (χ2v) is 6.01. The zero-order chi connectivity index (χ0) is 17.0. The summed E-state index contributed by atoms with van der Waals surface area (Å²) < 4.78 is 24.3. The van der Waals surface area contributed by atoms with Crippen LogP contribution in [0.4, 0.5) is 4.39 Å². The van der Waals surface area contributed by atoms with Crippen molar-refractivity contribution < 1.29 is 13.9 Å². The average Bonchev–Trinajstić information content (AvgIpc) is 3.33. The molecule has 1 aliphatic rings. The highest BCUT2D eigenvalue weighted by molar-refractivity contribution is 6.31. The lowest BCUT2D eigenvalue weighted by Gasteiger charge is -1.98. The van der Waals surface area contributed by atoms with Crippen LogP contribution in [0.25, 0.3) is 33.8 Å². The number of benzene rings is 2. The van der Waals surface area contributed by atoms with Crippen LogP contribution in [0.1, 0.15) is 0 Å². The molecule has 124 valence electrons. The molecule has 8 heteroatoms. The molecule has 0 spiro atoms. The zero-order valence-electron chi connectivity index (χ0n) is 12.6. The van der Waals surface area contributed by atoms with Gasteiger partial charge in [-0.25, -0.2) is 9.37 Å². The van der Waals surface area contributed by atoms with Gasteiger partial charge in [-0.1, -0.05) is 11.6 Å². The molecule has 2 aromatic carbocycles. The second-order valence-electron chi connectivity index (χ2n) is 5.60. The Morgan fingerprint density at radius 2 is 1.96 bits per heavy atom. The third-order valence-electron chi connectivity index (χ3n) is 4.03. The molecule has 0 unspecified atom stereocenters. The van der Waals surface area contributed by atoms with Gasteiger partial charge in [-0.15, -0.1) is 0 Å². The summed E-state index contributed by atoms with van der Waals surface area (Å²) in [7, 11) is 0. The molecule has 3 heterocycles. The number of halogens is 2. The molecule has 1 aliphatic heterocycles. The van der Waals surface area contributed by atoms with Crippen LogP contribution in [0.5, 0.6) is 11.5 Å². The number of rotatable bonds is 2. The average molecular weight is 357 g/mol. The monoisotopic (exact) mass is 356 g/mol. The van der Waals surface area contributed by atoms with Crippen LogP contribution in [0.15, 0.2) is 36.4 Å². The van der Waals surface area contributed by atoms with Crippen molar-refractivity contribution in [2.45, 2.75) is 0 Å². The van der Waals surface area contributed by atoms with Gasteiger partial charge in [-0.3, -0.25) is 5.10 Å². The third kappa shape index (κ3) is 2.32. The van der Waals surface area contributed by atoms with E-state index in [2.05, 4.69) is 20.2 Å². The molecule has 2 N–H and O–H groups in total. The number of nitrogens with zero attached hydrogens (tertiary/aromatic N) is 2. The highest BCUT2D eigenvalue weighted by Gasteiger charge is 2.16. The highest BCUT2D eigenvalue weighted by atomic mass is 35.5. The SMILES string of the molecule is Fc1cc2[nH]c(-c3cc(-c4ccc5c(c4)OCO5)n[nH]3)nc2cc1Cl. The van der Waals surface area contributed by atoms with E-state index in [4.69, 9.17) is 21.1 Å². The predicted molar refractivity (Wildman–Crippen MR) is 90.2 cm³/mol. The van der Waals surface area contributed by atoms with E-state index in [0.29, 0.717) is 28.3 Å². The molecule has 0 bridgehead atoms. The molecule has 0 saturated heterocycles. The first-order chi connectivity index (χ1) is 12.2. The first kappa shape index (κ1) is 14.3. The quantitative estimate of drug-likeness (QED) is 0.566. The van der Waals surface area contributed by atoms with Gasteiger partial charge in [-0.2, -0.15) is 5.10 Å². The maximum Gasteiger partial charge on any atom is 0.231 e. The smallest absolute Gasteiger partial charge is 0.231 e. The fourth-order valence-electron chi connectivity index (χ4n) is 2.78. The van der Waals surface area contributed by atoms with Gasteiger partial charge in [0.05, 0.1) is 21.7 Å². The zero-order valence-corrected chi connectivity index (χ0v) is 13.4. The molecule has 0 radical (unpaired) electrons. The standard InChI is InChI=1S/C17H10ClFN4O2/c18-9-4-12-13(5-10(9)19)21-17(20-12)14-6-11(22-23-14)8-1-2-15-16(3-8)25-7-24-15/h1-6H,7H2,(H,20,21)(H,22,23). The first-order valence-electron chi connectivity index (χ1n) is 7.48. The van der Waals surface area contributed by atoms with Crippen molar-refractivity contribution in [2.75, 3.05) is 6.79 Å². The molecule has 2 aromatic heterocycles. The second kappa shape index (κ2) is 5.22. The van der Waals surface area contributed by atoms with Crippen LogP contribution < -0.4 is 9.47 Å². The van der Waals surface area contributed by atoms with E-state index < -0.39 is 5.82 Å². The Balaban J connectivity index is 1.54. The number of imidazole rings is 1. The number of hydrogen-bond donors (Lipinski definition) is 2. The highest BCUT2D eigenvalue weighted by Crippen LogP contribution is 2.36. The lowest BCUT2D eigenvalue weighted by Crippen LogP contribution is -1.92. The number of aromatic nitrogens is 4. The topological polar surface area (TPSA) is 75.8 Å². The first-order valence-corrected chi connectivity index (χ1v) is 7.86. The molecule has 25 heavy (non-hydrogen) atoms. The summed E-state index contributed by atoms with van der Waals surface area (Å²) in [6.45, 7) is 0.225.